The highest BCUT2D eigenvalue weighted by Crippen LogP contribution is 2.48. The largest absolute Gasteiger partial charge is 0.486 e. The van der Waals surface area contributed by atoms with E-state index in [1.165, 1.54) is 6.42 Å². The molecule has 2 bridgehead atoms. The number of amides is 2. The molecule has 0 radical (unpaired) electrons. The summed E-state index contributed by atoms with van der Waals surface area (Å²) in [5, 5.41) is 0. The van der Waals surface area contributed by atoms with Crippen molar-refractivity contribution in [3.05, 3.63) is 23.8 Å². The first kappa shape index (κ1) is 14.4. The Labute approximate surface area is 134 Å². The first-order chi connectivity index (χ1) is 11.2. The van der Waals surface area contributed by atoms with Crippen LogP contribution in [0, 0.1) is 17.8 Å². The summed E-state index contributed by atoms with van der Waals surface area (Å²) < 4.78 is 10.9. The van der Waals surface area contributed by atoms with Gasteiger partial charge in [0.2, 0.25) is 5.91 Å². The number of fused-ring (bicyclic) bond motifs is 3. The van der Waals surface area contributed by atoms with Crippen LogP contribution in [0.5, 0.6) is 11.5 Å². The highest BCUT2D eigenvalue weighted by Gasteiger charge is 2.43. The highest BCUT2D eigenvalue weighted by molar-refractivity contribution is 5.96. The molecule has 2 aliphatic carbocycles. The fourth-order valence-electron chi connectivity index (χ4n) is 4.03. The van der Waals surface area contributed by atoms with Crippen LogP contribution in [-0.4, -0.2) is 25.0 Å². The maximum atomic E-state index is 12.2. The van der Waals surface area contributed by atoms with Crippen molar-refractivity contribution >= 4 is 11.8 Å². The summed E-state index contributed by atoms with van der Waals surface area (Å²) in [6.45, 7) is 0.983. The molecule has 4 rings (SSSR count). The van der Waals surface area contributed by atoms with Crippen LogP contribution in [0.25, 0.3) is 0 Å². The lowest BCUT2D eigenvalue weighted by atomic mass is 9.88. The summed E-state index contributed by atoms with van der Waals surface area (Å²) in [7, 11) is 0. The highest BCUT2D eigenvalue weighted by atomic mass is 16.6. The van der Waals surface area contributed by atoms with Gasteiger partial charge in [0, 0.05) is 11.5 Å². The Morgan fingerprint density at radius 3 is 2.57 bits per heavy atom. The average molecular weight is 316 g/mol. The SMILES string of the molecule is O=C(NNC(=O)C1CC2CCC1C2)c1ccc2c(c1)OCCO2. The van der Waals surface area contributed by atoms with E-state index in [1.54, 1.807) is 18.2 Å². The third-order valence-corrected chi connectivity index (χ3v) is 5.18. The minimum atomic E-state index is -0.349. The molecule has 2 saturated carbocycles. The van der Waals surface area contributed by atoms with Crippen LogP contribution >= 0.6 is 0 Å². The number of carbonyl (C=O) groups excluding carboxylic acids is 2. The second-order valence-electron chi connectivity index (χ2n) is 6.58. The standard InChI is InChI=1S/C17H20N2O4/c20-16(12-3-4-14-15(9-12)23-6-5-22-14)18-19-17(21)13-8-10-1-2-11(13)7-10/h3-4,9-11,13H,1-2,5-8H2,(H,18,20)(H,19,21). The van der Waals surface area contributed by atoms with E-state index in [-0.39, 0.29) is 17.7 Å². The van der Waals surface area contributed by atoms with Crippen molar-refractivity contribution in [1.82, 2.24) is 10.9 Å². The summed E-state index contributed by atoms with van der Waals surface area (Å²) in [6, 6.07) is 5.00. The predicted molar refractivity (Wildman–Crippen MR) is 82.0 cm³/mol. The molecule has 122 valence electrons. The lowest BCUT2D eigenvalue weighted by Crippen LogP contribution is -2.45. The Morgan fingerprint density at radius 1 is 1.00 bits per heavy atom. The van der Waals surface area contributed by atoms with Crippen molar-refractivity contribution in [1.29, 1.82) is 0 Å². The maximum Gasteiger partial charge on any atom is 0.269 e. The van der Waals surface area contributed by atoms with Crippen molar-refractivity contribution in [2.75, 3.05) is 13.2 Å². The van der Waals surface area contributed by atoms with Gasteiger partial charge in [0.25, 0.3) is 5.91 Å². The molecule has 0 aromatic heterocycles. The number of hydrogen-bond acceptors (Lipinski definition) is 4. The first-order valence-corrected chi connectivity index (χ1v) is 8.20. The lowest BCUT2D eigenvalue weighted by molar-refractivity contribution is -0.127. The van der Waals surface area contributed by atoms with Crippen LogP contribution in [0.4, 0.5) is 0 Å². The van der Waals surface area contributed by atoms with E-state index in [1.807, 2.05) is 0 Å². The van der Waals surface area contributed by atoms with Crippen LogP contribution in [0.1, 0.15) is 36.0 Å². The third-order valence-electron chi connectivity index (χ3n) is 5.18. The minimum absolute atomic E-state index is 0.0503. The van der Waals surface area contributed by atoms with Gasteiger partial charge in [-0.05, 0) is 49.3 Å². The number of nitrogens with one attached hydrogen (secondary N) is 2. The van der Waals surface area contributed by atoms with E-state index in [2.05, 4.69) is 10.9 Å². The second-order valence-corrected chi connectivity index (χ2v) is 6.58. The summed E-state index contributed by atoms with van der Waals surface area (Å²) in [4.78, 5) is 24.4. The number of hydrogen-bond donors (Lipinski definition) is 2. The van der Waals surface area contributed by atoms with Gasteiger partial charge in [-0.3, -0.25) is 20.4 Å². The fourth-order valence-corrected chi connectivity index (χ4v) is 4.03. The Bertz CT molecular complexity index is 645. The van der Waals surface area contributed by atoms with Gasteiger partial charge < -0.3 is 9.47 Å². The molecule has 0 saturated heterocycles. The van der Waals surface area contributed by atoms with Crippen LogP contribution in [-0.2, 0) is 4.79 Å². The van der Waals surface area contributed by atoms with Crippen molar-refractivity contribution in [2.24, 2.45) is 17.8 Å². The molecular weight excluding hydrogens is 296 g/mol. The van der Waals surface area contributed by atoms with Gasteiger partial charge in [-0.15, -0.1) is 0 Å². The van der Waals surface area contributed by atoms with Gasteiger partial charge in [-0.2, -0.15) is 0 Å². The quantitative estimate of drug-likeness (QED) is 0.814. The minimum Gasteiger partial charge on any atom is -0.486 e. The Morgan fingerprint density at radius 2 is 1.83 bits per heavy atom. The zero-order valence-electron chi connectivity index (χ0n) is 12.8. The van der Waals surface area contributed by atoms with Gasteiger partial charge in [0.05, 0.1) is 0 Å². The number of carbonyl (C=O) groups is 2. The monoisotopic (exact) mass is 316 g/mol. The molecule has 23 heavy (non-hydrogen) atoms. The number of rotatable bonds is 2. The molecule has 3 unspecified atom stereocenters. The summed E-state index contributed by atoms with van der Waals surface area (Å²) in [5.41, 5.74) is 5.52. The van der Waals surface area contributed by atoms with Gasteiger partial charge >= 0.3 is 0 Å². The van der Waals surface area contributed by atoms with Crippen LogP contribution in [0.15, 0.2) is 18.2 Å². The Kier molecular flexibility index (Phi) is 3.59. The molecule has 1 aromatic rings. The van der Waals surface area contributed by atoms with E-state index < -0.39 is 0 Å². The second kappa shape index (κ2) is 5.76. The molecule has 2 N–H and O–H groups in total. The molecule has 1 heterocycles. The average Bonchev–Trinajstić information content (AvgIpc) is 3.22. The summed E-state index contributed by atoms with van der Waals surface area (Å²) >= 11 is 0. The van der Waals surface area contributed by atoms with Gasteiger partial charge in [-0.1, -0.05) is 6.42 Å². The molecule has 2 fully saturated rings. The Balaban J connectivity index is 1.35. The van der Waals surface area contributed by atoms with Crippen LogP contribution in [0.3, 0.4) is 0 Å². The van der Waals surface area contributed by atoms with E-state index in [9.17, 15) is 9.59 Å². The van der Waals surface area contributed by atoms with Crippen molar-refractivity contribution in [3.63, 3.8) is 0 Å². The topological polar surface area (TPSA) is 76.7 Å². The zero-order chi connectivity index (χ0) is 15.8. The zero-order valence-corrected chi connectivity index (χ0v) is 12.8. The number of ether oxygens (including phenoxy) is 2. The van der Waals surface area contributed by atoms with Crippen molar-refractivity contribution in [2.45, 2.75) is 25.7 Å². The lowest BCUT2D eigenvalue weighted by Gasteiger charge is -2.21. The van der Waals surface area contributed by atoms with E-state index in [0.717, 1.165) is 19.3 Å². The molecular formula is C17H20N2O4. The van der Waals surface area contributed by atoms with E-state index >= 15 is 0 Å². The molecule has 1 aliphatic heterocycles. The van der Waals surface area contributed by atoms with E-state index in [0.29, 0.717) is 42.1 Å². The van der Waals surface area contributed by atoms with Gasteiger partial charge in [-0.25, -0.2) is 0 Å². The maximum absolute atomic E-state index is 12.2. The fraction of sp³-hybridized carbons (Fsp3) is 0.529. The summed E-state index contributed by atoms with van der Waals surface area (Å²) in [6.07, 6.45) is 4.50. The molecule has 3 aliphatic rings. The van der Waals surface area contributed by atoms with Gasteiger partial charge in [0.1, 0.15) is 13.2 Å². The number of hydrazine groups is 1. The van der Waals surface area contributed by atoms with Crippen molar-refractivity contribution < 1.29 is 19.1 Å². The molecule has 6 heteroatoms. The van der Waals surface area contributed by atoms with Crippen molar-refractivity contribution in [3.8, 4) is 11.5 Å². The third kappa shape index (κ3) is 2.73. The molecule has 1 aromatic carbocycles. The Hall–Kier alpha value is -2.24. The van der Waals surface area contributed by atoms with Crippen LogP contribution in [0.2, 0.25) is 0 Å². The normalized spacial score (nSPS) is 27.6. The predicted octanol–water partition coefficient (Wildman–Crippen LogP) is 1.65. The van der Waals surface area contributed by atoms with Gasteiger partial charge in [0.15, 0.2) is 11.5 Å². The van der Waals surface area contributed by atoms with E-state index in [4.69, 9.17) is 9.47 Å². The van der Waals surface area contributed by atoms with Crippen LogP contribution < -0.4 is 20.3 Å². The summed E-state index contributed by atoms with van der Waals surface area (Å²) in [5.74, 6) is 2.02. The molecule has 3 atom stereocenters. The first-order valence-electron chi connectivity index (χ1n) is 8.20. The molecule has 2 amide bonds. The smallest absolute Gasteiger partial charge is 0.269 e. The number of benzene rings is 1. The molecule has 6 nitrogen and oxygen atoms in total. The molecule has 0 spiro atoms.